The molecule has 1 N–H and O–H groups in total. The zero-order valence-corrected chi connectivity index (χ0v) is 15.2. The largest absolute Gasteiger partial charge is 0.495 e. The highest BCUT2D eigenvalue weighted by Crippen LogP contribution is 2.27. The first-order valence-electron chi connectivity index (χ1n) is 8.18. The lowest BCUT2D eigenvalue weighted by Crippen LogP contribution is -2.07. The number of methoxy groups -OCH3 is 1. The van der Waals surface area contributed by atoms with Crippen LogP contribution in [0.5, 0.6) is 11.5 Å². The van der Waals surface area contributed by atoms with Crippen LogP contribution in [0.25, 0.3) is 6.08 Å². The quantitative estimate of drug-likeness (QED) is 0.522. The number of benzene rings is 2. The molecular weight excluding hydrogens is 338 g/mol. The Morgan fingerprint density at radius 1 is 1.20 bits per heavy atom. The summed E-state index contributed by atoms with van der Waals surface area (Å²) in [6.45, 7) is 2.78. The molecule has 0 aliphatic carbocycles. The third kappa shape index (κ3) is 5.84. The molecule has 2 aromatic carbocycles. The van der Waals surface area contributed by atoms with Crippen LogP contribution in [-0.4, -0.2) is 19.6 Å². The van der Waals surface area contributed by atoms with Crippen molar-refractivity contribution in [3.63, 3.8) is 0 Å². The molecule has 0 aliphatic heterocycles. The van der Waals surface area contributed by atoms with Crippen molar-refractivity contribution in [3.8, 4) is 11.5 Å². The molecule has 0 unspecified atom stereocenters. The first-order valence-corrected chi connectivity index (χ1v) is 8.56. The Kier molecular flexibility index (Phi) is 7.36. The van der Waals surface area contributed by atoms with Crippen molar-refractivity contribution in [2.24, 2.45) is 0 Å². The van der Waals surface area contributed by atoms with E-state index in [1.165, 1.54) is 6.08 Å². The number of anilines is 1. The monoisotopic (exact) mass is 359 g/mol. The maximum atomic E-state index is 12.1. The average Bonchev–Trinajstić information content (AvgIpc) is 2.61. The molecule has 0 saturated carbocycles. The minimum atomic E-state index is -0.246. The van der Waals surface area contributed by atoms with Gasteiger partial charge in [-0.05, 0) is 36.8 Å². The molecule has 0 bridgehead atoms. The number of rotatable bonds is 8. The average molecular weight is 360 g/mol. The van der Waals surface area contributed by atoms with Crippen molar-refractivity contribution in [1.29, 1.82) is 0 Å². The SMILES string of the molecule is CCCCOc1ccccc1/C=C/C(=O)Nc1ccc(OC)c(Cl)c1. The topological polar surface area (TPSA) is 47.6 Å². The van der Waals surface area contributed by atoms with Crippen LogP contribution in [0, 0.1) is 0 Å². The van der Waals surface area contributed by atoms with Crippen molar-refractivity contribution < 1.29 is 14.3 Å². The van der Waals surface area contributed by atoms with Gasteiger partial charge >= 0.3 is 0 Å². The van der Waals surface area contributed by atoms with E-state index < -0.39 is 0 Å². The number of ether oxygens (including phenoxy) is 2. The fourth-order valence-electron chi connectivity index (χ4n) is 2.17. The number of carbonyl (C=O) groups excluding carboxylic acids is 1. The second kappa shape index (κ2) is 9.74. The van der Waals surface area contributed by atoms with Gasteiger partial charge in [0.05, 0.1) is 18.7 Å². The molecule has 132 valence electrons. The van der Waals surface area contributed by atoms with Crippen molar-refractivity contribution in [1.82, 2.24) is 0 Å². The van der Waals surface area contributed by atoms with E-state index in [1.807, 2.05) is 24.3 Å². The van der Waals surface area contributed by atoms with Crippen LogP contribution < -0.4 is 14.8 Å². The van der Waals surface area contributed by atoms with Gasteiger partial charge in [-0.25, -0.2) is 0 Å². The minimum Gasteiger partial charge on any atom is -0.495 e. The third-order valence-corrected chi connectivity index (χ3v) is 3.80. The van der Waals surface area contributed by atoms with E-state index in [9.17, 15) is 4.79 Å². The number of para-hydroxylation sites is 1. The Morgan fingerprint density at radius 3 is 2.72 bits per heavy atom. The highest BCUT2D eigenvalue weighted by atomic mass is 35.5. The predicted molar refractivity (Wildman–Crippen MR) is 103 cm³/mol. The maximum Gasteiger partial charge on any atom is 0.248 e. The molecule has 0 atom stereocenters. The van der Waals surface area contributed by atoms with Gasteiger partial charge in [0.25, 0.3) is 0 Å². The third-order valence-electron chi connectivity index (χ3n) is 3.51. The predicted octanol–water partition coefficient (Wildman–Crippen LogP) is 5.18. The molecule has 0 aromatic heterocycles. The first kappa shape index (κ1) is 18.9. The highest BCUT2D eigenvalue weighted by molar-refractivity contribution is 6.32. The van der Waals surface area contributed by atoms with Crippen LogP contribution in [-0.2, 0) is 4.79 Å². The smallest absolute Gasteiger partial charge is 0.248 e. The Hall–Kier alpha value is -2.46. The van der Waals surface area contributed by atoms with Crippen molar-refractivity contribution in [2.75, 3.05) is 19.0 Å². The molecule has 25 heavy (non-hydrogen) atoms. The van der Waals surface area contributed by atoms with Crippen LogP contribution in [0.3, 0.4) is 0 Å². The number of amides is 1. The van der Waals surface area contributed by atoms with E-state index in [4.69, 9.17) is 21.1 Å². The molecule has 0 fully saturated rings. The summed E-state index contributed by atoms with van der Waals surface area (Å²) in [5.74, 6) is 1.09. The van der Waals surface area contributed by atoms with Crippen LogP contribution >= 0.6 is 11.6 Å². The van der Waals surface area contributed by atoms with Crippen LogP contribution in [0.2, 0.25) is 5.02 Å². The number of unbranched alkanes of at least 4 members (excludes halogenated alkanes) is 1. The Balaban J connectivity index is 2.01. The van der Waals surface area contributed by atoms with Gasteiger partial charge < -0.3 is 14.8 Å². The van der Waals surface area contributed by atoms with E-state index in [1.54, 1.807) is 31.4 Å². The summed E-state index contributed by atoms with van der Waals surface area (Å²) in [4.78, 5) is 12.1. The molecule has 4 nitrogen and oxygen atoms in total. The fourth-order valence-corrected chi connectivity index (χ4v) is 2.43. The summed E-state index contributed by atoms with van der Waals surface area (Å²) in [5.41, 5.74) is 1.47. The van der Waals surface area contributed by atoms with Gasteiger partial charge in [-0.1, -0.05) is 43.1 Å². The van der Waals surface area contributed by atoms with Crippen molar-refractivity contribution >= 4 is 29.3 Å². The van der Waals surface area contributed by atoms with Gasteiger partial charge in [0.2, 0.25) is 5.91 Å². The lowest BCUT2D eigenvalue weighted by molar-refractivity contribution is -0.111. The molecule has 0 aliphatic rings. The molecule has 0 radical (unpaired) electrons. The molecular formula is C20H22ClNO3. The highest BCUT2D eigenvalue weighted by Gasteiger charge is 2.04. The van der Waals surface area contributed by atoms with Crippen molar-refractivity contribution in [3.05, 3.63) is 59.1 Å². The van der Waals surface area contributed by atoms with E-state index in [2.05, 4.69) is 12.2 Å². The lowest BCUT2D eigenvalue weighted by Gasteiger charge is -2.08. The minimum absolute atomic E-state index is 0.246. The van der Waals surface area contributed by atoms with E-state index in [0.29, 0.717) is 23.1 Å². The number of halogens is 1. The summed E-state index contributed by atoms with van der Waals surface area (Å²) >= 11 is 6.06. The molecule has 1 amide bonds. The second-order valence-electron chi connectivity index (χ2n) is 5.41. The van der Waals surface area contributed by atoms with Gasteiger partial charge in [0.15, 0.2) is 0 Å². The molecule has 5 heteroatoms. The van der Waals surface area contributed by atoms with Crippen LogP contribution in [0.1, 0.15) is 25.3 Å². The Bertz CT molecular complexity index is 743. The summed E-state index contributed by atoms with van der Waals surface area (Å²) in [5, 5.41) is 3.21. The first-order chi connectivity index (χ1) is 12.1. The number of carbonyl (C=O) groups is 1. The van der Waals surface area contributed by atoms with E-state index in [-0.39, 0.29) is 5.91 Å². The van der Waals surface area contributed by atoms with Gasteiger partial charge in [-0.2, -0.15) is 0 Å². The fraction of sp³-hybridized carbons (Fsp3) is 0.250. The number of hydrogen-bond donors (Lipinski definition) is 1. The van der Waals surface area contributed by atoms with Gasteiger partial charge in [-0.3, -0.25) is 4.79 Å². The van der Waals surface area contributed by atoms with Crippen LogP contribution in [0.15, 0.2) is 48.5 Å². The summed E-state index contributed by atoms with van der Waals surface area (Å²) in [6.07, 6.45) is 5.28. The summed E-state index contributed by atoms with van der Waals surface area (Å²) in [6, 6.07) is 12.7. The second-order valence-corrected chi connectivity index (χ2v) is 5.82. The molecule has 0 spiro atoms. The normalized spacial score (nSPS) is 10.7. The van der Waals surface area contributed by atoms with Gasteiger partial charge in [0, 0.05) is 17.3 Å². The summed E-state index contributed by atoms with van der Waals surface area (Å²) < 4.78 is 10.8. The number of hydrogen-bond acceptors (Lipinski definition) is 3. The Morgan fingerprint density at radius 2 is 2.00 bits per heavy atom. The zero-order valence-electron chi connectivity index (χ0n) is 14.4. The molecule has 0 heterocycles. The summed E-state index contributed by atoms with van der Waals surface area (Å²) in [7, 11) is 1.54. The molecule has 2 rings (SSSR count). The van der Waals surface area contributed by atoms with E-state index in [0.717, 1.165) is 24.2 Å². The van der Waals surface area contributed by atoms with Gasteiger partial charge in [0.1, 0.15) is 11.5 Å². The number of nitrogens with one attached hydrogen (secondary N) is 1. The standard InChI is InChI=1S/C20H22ClNO3/c1-3-4-13-25-18-8-6-5-7-15(18)9-12-20(23)22-16-10-11-19(24-2)17(21)14-16/h5-12,14H,3-4,13H2,1-2H3,(H,22,23)/b12-9+. The van der Waals surface area contributed by atoms with Gasteiger partial charge in [-0.15, -0.1) is 0 Å². The van der Waals surface area contributed by atoms with Crippen molar-refractivity contribution in [2.45, 2.75) is 19.8 Å². The lowest BCUT2D eigenvalue weighted by atomic mass is 10.2. The molecule has 2 aromatic rings. The van der Waals surface area contributed by atoms with Crippen LogP contribution in [0.4, 0.5) is 5.69 Å². The zero-order chi connectivity index (χ0) is 18.1. The molecule has 0 saturated heterocycles. The maximum absolute atomic E-state index is 12.1. The van der Waals surface area contributed by atoms with E-state index >= 15 is 0 Å². The Labute approximate surface area is 153 Å².